The molecule has 0 unspecified atom stereocenters. The molecule has 0 spiro atoms. The molecule has 0 amide bonds. The van der Waals surface area contributed by atoms with Crippen molar-refractivity contribution in [3.05, 3.63) is 29.0 Å². The lowest BCUT2D eigenvalue weighted by atomic mass is 9.88. The van der Waals surface area contributed by atoms with Crippen LogP contribution in [0.25, 0.3) is 11.0 Å². The number of aryl methyl sites for hydroxylation is 1. The summed E-state index contributed by atoms with van der Waals surface area (Å²) in [5, 5.41) is 0.789. The summed E-state index contributed by atoms with van der Waals surface area (Å²) < 4.78 is 2.51. The van der Waals surface area contributed by atoms with E-state index >= 15 is 0 Å². The predicted molar refractivity (Wildman–Crippen MR) is 121 cm³/mol. The third-order valence-electron chi connectivity index (χ3n) is 6.22. The van der Waals surface area contributed by atoms with Crippen LogP contribution in [0.15, 0.2) is 18.2 Å². The van der Waals surface area contributed by atoms with Gasteiger partial charge in [0.15, 0.2) is 0 Å². The van der Waals surface area contributed by atoms with Crippen LogP contribution in [-0.2, 0) is 6.54 Å². The molecule has 156 valence electrons. The Balaban J connectivity index is 1.72. The van der Waals surface area contributed by atoms with Crippen LogP contribution in [0.3, 0.4) is 0 Å². The standard InChI is InChI=1S/C24H38ClN3/c1-3-5-15-27(16-6-4-2)17-10-18-28-23-14-13-21(25)19-22(23)26-24(28)20-11-8-7-9-12-20/h13-14,19-20H,3-12,15-18H2,1-2H3. The van der Waals surface area contributed by atoms with Crippen LogP contribution in [0.1, 0.15) is 89.8 Å². The van der Waals surface area contributed by atoms with Gasteiger partial charge >= 0.3 is 0 Å². The van der Waals surface area contributed by atoms with Gasteiger partial charge in [0, 0.05) is 17.5 Å². The Labute approximate surface area is 176 Å². The average Bonchev–Trinajstić information content (AvgIpc) is 3.07. The van der Waals surface area contributed by atoms with E-state index in [1.54, 1.807) is 0 Å². The Bertz CT molecular complexity index is 710. The fourth-order valence-electron chi connectivity index (χ4n) is 4.58. The van der Waals surface area contributed by atoms with Crippen LogP contribution in [0.5, 0.6) is 0 Å². The summed E-state index contributed by atoms with van der Waals surface area (Å²) in [7, 11) is 0. The molecule has 1 aromatic carbocycles. The number of benzene rings is 1. The second kappa shape index (κ2) is 11.2. The van der Waals surface area contributed by atoms with E-state index in [4.69, 9.17) is 16.6 Å². The van der Waals surface area contributed by atoms with E-state index in [0.717, 1.165) is 17.1 Å². The van der Waals surface area contributed by atoms with Crippen LogP contribution < -0.4 is 0 Å². The van der Waals surface area contributed by atoms with E-state index in [2.05, 4.69) is 29.4 Å². The topological polar surface area (TPSA) is 21.1 Å². The number of unbranched alkanes of at least 4 members (excludes halogenated alkanes) is 2. The van der Waals surface area contributed by atoms with Crippen molar-refractivity contribution in [1.82, 2.24) is 14.5 Å². The number of imidazole rings is 1. The summed E-state index contributed by atoms with van der Waals surface area (Å²) in [6.07, 6.45) is 13.0. The van der Waals surface area contributed by atoms with Gasteiger partial charge in [0.2, 0.25) is 0 Å². The van der Waals surface area contributed by atoms with E-state index in [1.807, 2.05) is 12.1 Å². The zero-order chi connectivity index (χ0) is 19.8. The van der Waals surface area contributed by atoms with Crippen molar-refractivity contribution in [3.8, 4) is 0 Å². The minimum absolute atomic E-state index is 0.621. The largest absolute Gasteiger partial charge is 0.328 e. The highest BCUT2D eigenvalue weighted by molar-refractivity contribution is 6.31. The van der Waals surface area contributed by atoms with E-state index in [1.165, 1.54) is 95.2 Å². The maximum atomic E-state index is 6.25. The van der Waals surface area contributed by atoms with Crippen molar-refractivity contribution in [3.63, 3.8) is 0 Å². The van der Waals surface area contributed by atoms with Crippen molar-refractivity contribution in [2.75, 3.05) is 19.6 Å². The first-order chi connectivity index (χ1) is 13.7. The molecule has 3 rings (SSSR count). The molecule has 1 heterocycles. The molecule has 0 bridgehead atoms. The summed E-state index contributed by atoms with van der Waals surface area (Å²) in [6.45, 7) is 9.32. The van der Waals surface area contributed by atoms with Gasteiger partial charge in [0.1, 0.15) is 5.82 Å². The van der Waals surface area contributed by atoms with Crippen molar-refractivity contribution in [2.45, 2.75) is 90.5 Å². The van der Waals surface area contributed by atoms with Crippen molar-refractivity contribution in [1.29, 1.82) is 0 Å². The lowest BCUT2D eigenvalue weighted by Gasteiger charge is -2.24. The summed E-state index contributed by atoms with van der Waals surface area (Å²) >= 11 is 6.25. The highest BCUT2D eigenvalue weighted by atomic mass is 35.5. The number of nitrogens with zero attached hydrogens (tertiary/aromatic N) is 3. The minimum Gasteiger partial charge on any atom is -0.328 e. The molecule has 1 aliphatic carbocycles. The van der Waals surface area contributed by atoms with Gasteiger partial charge in [-0.15, -0.1) is 0 Å². The SMILES string of the molecule is CCCCN(CCCC)CCCn1c(C2CCCCC2)nc2cc(Cl)ccc21. The van der Waals surface area contributed by atoms with Gasteiger partial charge < -0.3 is 9.47 Å². The third kappa shape index (κ3) is 5.73. The van der Waals surface area contributed by atoms with Crippen molar-refractivity contribution >= 4 is 22.6 Å². The fraction of sp³-hybridized carbons (Fsp3) is 0.708. The molecule has 3 nitrogen and oxygen atoms in total. The van der Waals surface area contributed by atoms with Gasteiger partial charge in [-0.25, -0.2) is 4.98 Å². The normalized spacial score (nSPS) is 15.7. The van der Waals surface area contributed by atoms with Crippen LogP contribution in [0.2, 0.25) is 5.02 Å². The summed E-state index contributed by atoms with van der Waals surface area (Å²) in [4.78, 5) is 7.73. The van der Waals surface area contributed by atoms with Gasteiger partial charge in [-0.1, -0.05) is 57.6 Å². The first-order valence-corrected chi connectivity index (χ1v) is 12.0. The molecular formula is C24H38ClN3. The third-order valence-corrected chi connectivity index (χ3v) is 6.46. The first kappa shape index (κ1) is 21.6. The number of hydrogen-bond acceptors (Lipinski definition) is 2. The molecule has 1 fully saturated rings. The highest BCUT2D eigenvalue weighted by Crippen LogP contribution is 2.34. The molecule has 0 saturated heterocycles. The Morgan fingerprint density at radius 3 is 2.36 bits per heavy atom. The lowest BCUT2D eigenvalue weighted by Crippen LogP contribution is -2.28. The maximum absolute atomic E-state index is 6.25. The fourth-order valence-corrected chi connectivity index (χ4v) is 4.75. The summed E-state index contributed by atoms with van der Waals surface area (Å²) in [5.41, 5.74) is 2.33. The zero-order valence-corrected chi connectivity index (χ0v) is 18.7. The molecular weight excluding hydrogens is 366 g/mol. The Morgan fingerprint density at radius 2 is 1.68 bits per heavy atom. The summed E-state index contributed by atoms with van der Waals surface area (Å²) in [5.74, 6) is 1.93. The quantitative estimate of drug-likeness (QED) is 0.401. The predicted octanol–water partition coefficient (Wildman–Crippen LogP) is 7.03. The number of rotatable bonds is 11. The van der Waals surface area contributed by atoms with Crippen molar-refractivity contribution < 1.29 is 0 Å². The van der Waals surface area contributed by atoms with Gasteiger partial charge in [-0.3, -0.25) is 0 Å². The monoisotopic (exact) mass is 403 g/mol. The number of fused-ring (bicyclic) bond motifs is 1. The first-order valence-electron chi connectivity index (χ1n) is 11.6. The van der Waals surface area contributed by atoms with Crippen molar-refractivity contribution in [2.24, 2.45) is 0 Å². The smallest absolute Gasteiger partial charge is 0.112 e. The van der Waals surface area contributed by atoms with Gasteiger partial charge in [-0.2, -0.15) is 0 Å². The molecule has 1 saturated carbocycles. The van der Waals surface area contributed by atoms with Crippen LogP contribution in [0.4, 0.5) is 0 Å². The second-order valence-corrected chi connectivity index (χ2v) is 8.93. The Morgan fingerprint density at radius 1 is 1.00 bits per heavy atom. The van der Waals surface area contributed by atoms with E-state index in [0.29, 0.717) is 5.92 Å². The van der Waals surface area contributed by atoms with Crippen LogP contribution in [-0.4, -0.2) is 34.1 Å². The molecule has 1 aliphatic rings. The maximum Gasteiger partial charge on any atom is 0.112 e. The Hall–Kier alpha value is -1.06. The lowest BCUT2D eigenvalue weighted by molar-refractivity contribution is 0.257. The minimum atomic E-state index is 0.621. The highest BCUT2D eigenvalue weighted by Gasteiger charge is 2.22. The number of halogens is 1. The van der Waals surface area contributed by atoms with Gasteiger partial charge in [0.05, 0.1) is 11.0 Å². The molecule has 0 atom stereocenters. The van der Waals surface area contributed by atoms with Gasteiger partial charge in [0.25, 0.3) is 0 Å². The zero-order valence-electron chi connectivity index (χ0n) is 17.9. The Kier molecular flexibility index (Phi) is 8.66. The molecule has 28 heavy (non-hydrogen) atoms. The molecule has 1 aromatic heterocycles. The van der Waals surface area contributed by atoms with Gasteiger partial charge in [-0.05, 0) is 69.9 Å². The molecule has 4 heteroatoms. The molecule has 0 radical (unpaired) electrons. The molecule has 0 N–H and O–H groups in total. The number of aromatic nitrogens is 2. The summed E-state index contributed by atoms with van der Waals surface area (Å²) in [6, 6.07) is 6.22. The molecule has 0 aliphatic heterocycles. The number of hydrogen-bond donors (Lipinski definition) is 0. The van der Waals surface area contributed by atoms with Crippen LogP contribution >= 0.6 is 11.6 Å². The van der Waals surface area contributed by atoms with E-state index < -0.39 is 0 Å². The van der Waals surface area contributed by atoms with Crippen LogP contribution in [0, 0.1) is 0 Å². The average molecular weight is 404 g/mol. The van der Waals surface area contributed by atoms with E-state index in [-0.39, 0.29) is 0 Å². The second-order valence-electron chi connectivity index (χ2n) is 8.49. The molecule has 2 aromatic rings. The van der Waals surface area contributed by atoms with E-state index in [9.17, 15) is 0 Å².